The number of anilines is 1. The van der Waals surface area contributed by atoms with Gasteiger partial charge in [0, 0.05) is 19.0 Å². The molecule has 0 saturated heterocycles. The van der Waals surface area contributed by atoms with Gasteiger partial charge in [-0.15, -0.1) is 0 Å². The highest BCUT2D eigenvalue weighted by atomic mass is 16.3. The Labute approximate surface area is 119 Å². The van der Waals surface area contributed by atoms with E-state index in [0.29, 0.717) is 0 Å². The average Bonchev–Trinajstić information content (AvgIpc) is 2.83. The van der Waals surface area contributed by atoms with E-state index >= 15 is 0 Å². The number of aryl methyl sites for hydroxylation is 1. The lowest BCUT2D eigenvalue weighted by atomic mass is 9.74. The van der Waals surface area contributed by atoms with Gasteiger partial charge in [-0.2, -0.15) is 0 Å². The van der Waals surface area contributed by atoms with Crippen LogP contribution in [0.5, 0.6) is 0 Å². The molecule has 108 valence electrons. The zero-order valence-electron chi connectivity index (χ0n) is 12.1. The van der Waals surface area contributed by atoms with Crippen molar-refractivity contribution >= 4 is 17.0 Å². The molecule has 3 rings (SSSR count). The number of imidazole rings is 1. The number of aliphatic hydroxyl groups excluding tert-OH is 1. The number of nitrogens with zero attached hydrogens (tertiary/aromatic N) is 2. The normalized spacial score (nSPS) is 18.3. The van der Waals surface area contributed by atoms with Crippen LogP contribution in [-0.4, -0.2) is 27.8 Å². The fourth-order valence-electron chi connectivity index (χ4n) is 3.26. The van der Waals surface area contributed by atoms with Crippen LogP contribution in [0.2, 0.25) is 0 Å². The van der Waals surface area contributed by atoms with Crippen molar-refractivity contribution in [1.29, 1.82) is 0 Å². The molecule has 0 radical (unpaired) electrons. The molecule has 2 aromatic rings. The minimum atomic E-state index is 0.0381. The van der Waals surface area contributed by atoms with Crippen molar-refractivity contribution in [3.63, 3.8) is 0 Å². The lowest BCUT2D eigenvalue weighted by Gasteiger charge is -2.35. The van der Waals surface area contributed by atoms with E-state index in [4.69, 9.17) is 0 Å². The topological polar surface area (TPSA) is 50.1 Å². The first kappa shape index (κ1) is 13.4. The van der Waals surface area contributed by atoms with Gasteiger partial charge in [-0.25, -0.2) is 4.98 Å². The summed E-state index contributed by atoms with van der Waals surface area (Å²) in [4.78, 5) is 4.63. The maximum Gasteiger partial charge on any atom is 0.203 e. The molecule has 0 spiro atoms. The van der Waals surface area contributed by atoms with Gasteiger partial charge in [-0.05, 0) is 25.0 Å². The quantitative estimate of drug-likeness (QED) is 0.900. The fourth-order valence-corrected chi connectivity index (χ4v) is 3.26. The predicted octanol–water partition coefficient (Wildman–Crippen LogP) is 2.93. The van der Waals surface area contributed by atoms with Gasteiger partial charge in [0.1, 0.15) is 0 Å². The van der Waals surface area contributed by atoms with Crippen molar-refractivity contribution in [2.75, 3.05) is 18.5 Å². The highest BCUT2D eigenvalue weighted by molar-refractivity contribution is 5.78. The Morgan fingerprint density at radius 2 is 2.00 bits per heavy atom. The van der Waals surface area contributed by atoms with E-state index in [1.54, 1.807) is 0 Å². The second kappa shape index (κ2) is 5.44. The molecule has 1 fully saturated rings. The molecule has 1 aliphatic carbocycles. The first-order valence-electron chi connectivity index (χ1n) is 7.50. The van der Waals surface area contributed by atoms with Crippen LogP contribution < -0.4 is 5.32 Å². The second-order valence-electron chi connectivity index (χ2n) is 6.06. The number of nitrogens with one attached hydrogen (secondary N) is 1. The molecule has 0 unspecified atom stereocenters. The minimum Gasteiger partial charge on any atom is -0.396 e. The Balaban J connectivity index is 1.77. The zero-order chi connectivity index (χ0) is 14.0. The van der Waals surface area contributed by atoms with Crippen molar-refractivity contribution in [1.82, 2.24) is 9.55 Å². The van der Waals surface area contributed by atoms with Crippen molar-refractivity contribution < 1.29 is 5.11 Å². The molecular weight excluding hydrogens is 250 g/mol. The summed E-state index contributed by atoms with van der Waals surface area (Å²) in [6, 6.07) is 8.15. The number of benzene rings is 1. The van der Waals surface area contributed by atoms with Gasteiger partial charge in [0.15, 0.2) is 0 Å². The Hall–Kier alpha value is -1.55. The van der Waals surface area contributed by atoms with Crippen LogP contribution in [0.25, 0.3) is 11.0 Å². The number of aliphatic hydroxyl groups is 1. The molecule has 0 bridgehead atoms. The number of hydrogen-bond donors (Lipinski definition) is 2. The van der Waals surface area contributed by atoms with Crippen molar-refractivity contribution in [2.45, 2.75) is 32.1 Å². The molecule has 1 aromatic heterocycles. The van der Waals surface area contributed by atoms with E-state index in [2.05, 4.69) is 20.9 Å². The molecule has 4 heteroatoms. The minimum absolute atomic E-state index is 0.0381. The third kappa shape index (κ3) is 2.40. The first-order chi connectivity index (χ1) is 9.74. The summed E-state index contributed by atoms with van der Waals surface area (Å²) in [5.41, 5.74) is 2.19. The summed E-state index contributed by atoms with van der Waals surface area (Å²) in [6.07, 6.45) is 5.98. The smallest absolute Gasteiger partial charge is 0.203 e. The lowest BCUT2D eigenvalue weighted by molar-refractivity contribution is 0.0942. The van der Waals surface area contributed by atoms with Crippen LogP contribution >= 0.6 is 0 Å². The van der Waals surface area contributed by atoms with Gasteiger partial charge in [0.25, 0.3) is 0 Å². The van der Waals surface area contributed by atoms with Gasteiger partial charge in [-0.3, -0.25) is 0 Å². The summed E-state index contributed by atoms with van der Waals surface area (Å²) in [5, 5.41) is 13.2. The van der Waals surface area contributed by atoms with Gasteiger partial charge < -0.3 is 15.0 Å². The zero-order valence-corrected chi connectivity index (χ0v) is 12.1. The highest BCUT2D eigenvalue weighted by Crippen LogP contribution is 2.36. The van der Waals surface area contributed by atoms with Crippen LogP contribution in [0.3, 0.4) is 0 Å². The van der Waals surface area contributed by atoms with E-state index < -0.39 is 0 Å². The lowest BCUT2D eigenvalue weighted by Crippen LogP contribution is -2.36. The Kier molecular flexibility index (Phi) is 3.66. The molecule has 20 heavy (non-hydrogen) atoms. The van der Waals surface area contributed by atoms with E-state index in [-0.39, 0.29) is 12.0 Å². The molecule has 1 aliphatic rings. The summed E-state index contributed by atoms with van der Waals surface area (Å²) >= 11 is 0. The summed E-state index contributed by atoms with van der Waals surface area (Å²) in [6.45, 7) is 1.07. The van der Waals surface area contributed by atoms with Gasteiger partial charge in [0.2, 0.25) is 5.95 Å². The van der Waals surface area contributed by atoms with Crippen LogP contribution in [0.1, 0.15) is 32.1 Å². The number of fused-ring (bicyclic) bond motifs is 1. The summed E-state index contributed by atoms with van der Waals surface area (Å²) in [5.74, 6) is 0.893. The van der Waals surface area contributed by atoms with Gasteiger partial charge in [0.05, 0.1) is 17.6 Å². The summed E-state index contributed by atoms with van der Waals surface area (Å²) in [7, 11) is 2.03. The van der Waals surface area contributed by atoms with Crippen molar-refractivity contribution in [2.24, 2.45) is 12.5 Å². The Bertz CT molecular complexity index is 584. The number of hydrogen-bond acceptors (Lipinski definition) is 3. The molecule has 0 atom stereocenters. The average molecular weight is 273 g/mol. The molecule has 2 N–H and O–H groups in total. The van der Waals surface area contributed by atoms with E-state index in [1.807, 2.05) is 25.2 Å². The number of aromatic nitrogens is 2. The molecule has 0 amide bonds. The van der Waals surface area contributed by atoms with E-state index in [0.717, 1.165) is 36.4 Å². The standard InChI is InChI=1S/C16H23N3O/c1-19-14-8-4-3-7-13(14)18-15(19)17-11-16(12-20)9-5-2-6-10-16/h3-4,7-8,20H,2,5-6,9-12H2,1H3,(H,17,18). The van der Waals surface area contributed by atoms with Crippen LogP contribution in [0, 0.1) is 5.41 Å². The molecule has 1 aromatic carbocycles. The Morgan fingerprint density at radius 1 is 1.25 bits per heavy atom. The molecule has 0 aliphatic heterocycles. The highest BCUT2D eigenvalue weighted by Gasteiger charge is 2.31. The van der Waals surface area contributed by atoms with Gasteiger partial charge in [-0.1, -0.05) is 31.4 Å². The van der Waals surface area contributed by atoms with Crippen molar-refractivity contribution in [3.8, 4) is 0 Å². The van der Waals surface area contributed by atoms with Crippen LogP contribution in [0.4, 0.5) is 5.95 Å². The maximum absolute atomic E-state index is 9.76. The van der Waals surface area contributed by atoms with Crippen LogP contribution in [0.15, 0.2) is 24.3 Å². The molecule has 1 saturated carbocycles. The first-order valence-corrected chi connectivity index (χ1v) is 7.50. The van der Waals surface area contributed by atoms with Crippen molar-refractivity contribution in [3.05, 3.63) is 24.3 Å². The SMILES string of the molecule is Cn1c(NCC2(CO)CCCCC2)nc2ccccc21. The number of para-hydroxylation sites is 2. The monoisotopic (exact) mass is 273 g/mol. The van der Waals surface area contributed by atoms with Crippen LogP contribution in [-0.2, 0) is 7.05 Å². The molecule has 1 heterocycles. The third-order valence-corrected chi connectivity index (χ3v) is 4.66. The third-order valence-electron chi connectivity index (χ3n) is 4.66. The second-order valence-corrected chi connectivity index (χ2v) is 6.06. The fraction of sp³-hybridized carbons (Fsp3) is 0.562. The maximum atomic E-state index is 9.76. The largest absolute Gasteiger partial charge is 0.396 e. The summed E-state index contributed by atoms with van der Waals surface area (Å²) < 4.78 is 2.09. The Morgan fingerprint density at radius 3 is 2.70 bits per heavy atom. The number of rotatable bonds is 4. The van der Waals surface area contributed by atoms with E-state index in [9.17, 15) is 5.11 Å². The predicted molar refractivity (Wildman–Crippen MR) is 81.8 cm³/mol. The molecule has 4 nitrogen and oxygen atoms in total. The molecular formula is C16H23N3O. The van der Waals surface area contributed by atoms with Gasteiger partial charge >= 0.3 is 0 Å². The van der Waals surface area contributed by atoms with E-state index in [1.165, 1.54) is 19.3 Å².